The Balaban J connectivity index is 1.84. The third kappa shape index (κ3) is 4.45. The monoisotopic (exact) mass is 415 g/mol. The number of rotatable bonds is 5. The van der Waals surface area contributed by atoms with Gasteiger partial charge in [-0.15, -0.1) is 4.91 Å². The lowest BCUT2D eigenvalue weighted by atomic mass is 10.1. The van der Waals surface area contributed by atoms with Gasteiger partial charge in [-0.3, -0.25) is 14.9 Å². The summed E-state index contributed by atoms with van der Waals surface area (Å²) in [4.78, 5) is 45.3. The molecule has 0 atom stereocenters. The van der Waals surface area contributed by atoms with Crippen LogP contribution in [0.1, 0.15) is 15.9 Å². The number of benzene rings is 2. The molecule has 28 heavy (non-hydrogen) atoms. The van der Waals surface area contributed by atoms with Crippen molar-refractivity contribution in [2.24, 2.45) is 5.18 Å². The van der Waals surface area contributed by atoms with Gasteiger partial charge in [-0.25, -0.2) is 4.79 Å². The van der Waals surface area contributed by atoms with E-state index in [0.29, 0.717) is 14.8 Å². The predicted octanol–water partition coefficient (Wildman–Crippen LogP) is 3.70. The Labute approximate surface area is 166 Å². The summed E-state index contributed by atoms with van der Waals surface area (Å²) in [5.41, 5.74) is -0.326. The lowest BCUT2D eigenvalue weighted by Gasteiger charge is -2.06. The van der Waals surface area contributed by atoms with E-state index in [1.165, 1.54) is 12.1 Å². The SMILES string of the molecule is O=Nc1cc(C(=O)Oc2cccc(/C=C3/SC(=S)NC3=O)c2)cc([N+](=O)[O-])c1. The molecule has 0 bridgehead atoms. The average Bonchev–Trinajstić information content (AvgIpc) is 2.98. The molecule has 140 valence electrons. The Morgan fingerprint density at radius 1 is 1.29 bits per heavy atom. The molecular formula is C17H9N3O6S2. The van der Waals surface area contributed by atoms with Crippen LogP contribution in [0.3, 0.4) is 0 Å². The molecule has 2 aromatic carbocycles. The molecule has 1 N–H and O–H groups in total. The molecule has 0 saturated carbocycles. The van der Waals surface area contributed by atoms with Crippen molar-refractivity contribution in [3.8, 4) is 5.75 Å². The first-order valence-electron chi connectivity index (χ1n) is 7.55. The summed E-state index contributed by atoms with van der Waals surface area (Å²) in [6.07, 6.45) is 1.58. The van der Waals surface area contributed by atoms with Crippen molar-refractivity contribution in [1.29, 1.82) is 0 Å². The number of carbonyl (C=O) groups is 2. The fourth-order valence-corrected chi connectivity index (χ4v) is 3.32. The molecule has 0 unspecified atom stereocenters. The molecule has 0 spiro atoms. The van der Waals surface area contributed by atoms with Crippen molar-refractivity contribution in [3.63, 3.8) is 0 Å². The molecule has 1 heterocycles. The van der Waals surface area contributed by atoms with E-state index in [1.807, 2.05) is 0 Å². The third-order valence-electron chi connectivity index (χ3n) is 3.46. The Kier molecular flexibility index (Phi) is 5.57. The van der Waals surface area contributed by atoms with Gasteiger partial charge in [-0.2, -0.15) is 0 Å². The quantitative estimate of drug-likeness (QED) is 0.149. The predicted molar refractivity (Wildman–Crippen MR) is 106 cm³/mol. The van der Waals surface area contributed by atoms with Crippen molar-refractivity contribution >= 4 is 57.6 Å². The molecule has 1 amide bonds. The van der Waals surface area contributed by atoms with Gasteiger partial charge in [0.25, 0.3) is 11.6 Å². The number of thioether (sulfide) groups is 1. The van der Waals surface area contributed by atoms with E-state index < -0.39 is 16.6 Å². The van der Waals surface area contributed by atoms with Crippen LogP contribution in [0.4, 0.5) is 11.4 Å². The zero-order valence-corrected chi connectivity index (χ0v) is 15.4. The van der Waals surface area contributed by atoms with Crippen LogP contribution in [0.2, 0.25) is 0 Å². The van der Waals surface area contributed by atoms with Gasteiger partial charge in [0.2, 0.25) is 0 Å². The topological polar surface area (TPSA) is 128 Å². The number of nitro groups is 1. The van der Waals surface area contributed by atoms with Gasteiger partial charge in [0.15, 0.2) is 0 Å². The number of ether oxygens (including phenoxy) is 1. The summed E-state index contributed by atoms with van der Waals surface area (Å²) in [5.74, 6) is -1.06. The number of hydrogen-bond donors (Lipinski definition) is 1. The minimum atomic E-state index is -0.896. The Morgan fingerprint density at radius 2 is 2.07 bits per heavy atom. The summed E-state index contributed by atoms with van der Waals surface area (Å²) in [7, 11) is 0. The van der Waals surface area contributed by atoms with Crippen LogP contribution in [0.15, 0.2) is 52.5 Å². The number of amides is 1. The number of non-ortho nitro benzene ring substituents is 1. The highest BCUT2D eigenvalue weighted by atomic mass is 32.2. The minimum Gasteiger partial charge on any atom is -0.423 e. The van der Waals surface area contributed by atoms with Crippen molar-refractivity contribution in [3.05, 3.63) is 73.5 Å². The summed E-state index contributed by atoms with van der Waals surface area (Å²) in [6.45, 7) is 0. The number of nitroso groups, excluding NO2 is 1. The number of esters is 1. The third-order valence-corrected chi connectivity index (χ3v) is 4.63. The number of hydrogen-bond acceptors (Lipinski definition) is 9. The second-order valence-corrected chi connectivity index (χ2v) is 7.12. The molecular weight excluding hydrogens is 406 g/mol. The Bertz CT molecular complexity index is 1070. The van der Waals surface area contributed by atoms with Crippen molar-refractivity contribution in [2.75, 3.05) is 0 Å². The highest BCUT2D eigenvalue weighted by molar-refractivity contribution is 8.26. The molecule has 9 nitrogen and oxygen atoms in total. The van der Waals surface area contributed by atoms with Crippen LogP contribution in [-0.2, 0) is 4.79 Å². The van der Waals surface area contributed by atoms with E-state index in [0.717, 1.165) is 30.0 Å². The van der Waals surface area contributed by atoms with E-state index in [-0.39, 0.29) is 22.9 Å². The molecule has 0 aliphatic carbocycles. The summed E-state index contributed by atoms with van der Waals surface area (Å²) in [6, 6.07) is 9.35. The first-order valence-corrected chi connectivity index (χ1v) is 8.78. The van der Waals surface area contributed by atoms with Crippen molar-refractivity contribution in [2.45, 2.75) is 0 Å². The van der Waals surface area contributed by atoms with Crippen LogP contribution < -0.4 is 10.1 Å². The normalized spacial score (nSPS) is 14.6. The Morgan fingerprint density at radius 3 is 2.71 bits per heavy atom. The van der Waals surface area contributed by atoms with Crippen LogP contribution in [-0.4, -0.2) is 21.1 Å². The lowest BCUT2D eigenvalue weighted by molar-refractivity contribution is -0.384. The molecule has 1 aliphatic heterocycles. The van der Waals surface area contributed by atoms with Crippen molar-refractivity contribution < 1.29 is 19.2 Å². The van der Waals surface area contributed by atoms with Gasteiger partial charge in [-0.1, -0.05) is 36.1 Å². The van der Waals surface area contributed by atoms with Crippen LogP contribution in [0.5, 0.6) is 5.75 Å². The first-order chi connectivity index (χ1) is 13.4. The highest BCUT2D eigenvalue weighted by Crippen LogP contribution is 2.28. The van der Waals surface area contributed by atoms with Gasteiger partial charge in [0.1, 0.15) is 15.8 Å². The molecule has 1 fully saturated rings. The van der Waals surface area contributed by atoms with Gasteiger partial charge in [-0.05, 0) is 35.0 Å². The van der Waals surface area contributed by atoms with Crippen LogP contribution in [0.25, 0.3) is 6.08 Å². The van der Waals surface area contributed by atoms with E-state index in [1.54, 1.807) is 18.2 Å². The first kappa shape index (κ1) is 19.3. The standard InChI is InChI=1S/C17H9N3O6S2/c21-15-14(28-17(27)18-15)5-9-2-1-3-13(4-9)26-16(22)10-6-11(19-23)8-12(7-10)20(24)25/h1-8H,(H,18,21,27)/b14-5+. The van der Waals surface area contributed by atoms with Gasteiger partial charge in [0, 0.05) is 12.1 Å². The van der Waals surface area contributed by atoms with Gasteiger partial charge in [0.05, 0.1) is 15.4 Å². The van der Waals surface area contributed by atoms with E-state index in [2.05, 4.69) is 10.5 Å². The molecule has 0 aromatic heterocycles. The summed E-state index contributed by atoms with van der Waals surface area (Å²) < 4.78 is 5.57. The average molecular weight is 415 g/mol. The molecule has 3 rings (SSSR count). The second-order valence-electron chi connectivity index (χ2n) is 5.40. The van der Waals surface area contributed by atoms with Crippen molar-refractivity contribution in [1.82, 2.24) is 5.32 Å². The second kappa shape index (κ2) is 8.06. The summed E-state index contributed by atoms with van der Waals surface area (Å²) >= 11 is 6.03. The van der Waals surface area contributed by atoms with Gasteiger partial charge < -0.3 is 10.1 Å². The van der Waals surface area contributed by atoms with Gasteiger partial charge >= 0.3 is 5.97 Å². The maximum Gasteiger partial charge on any atom is 0.343 e. The molecule has 2 aromatic rings. The van der Waals surface area contributed by atoms with E-state index in [9.17, 15) is 24.6 Å². The maximum absolute atomic E-state index is 12.3. The zero-order valence-electron chi connectivity index (χ0n) is 13.8. The largest absolute Gasteiger partial charge is 0.423 e. The number of nitrogens with one attached hydrogen (secondary N) is 1. The highest BCUT2D eigenvalue weighted by Gasteiger charge is 2.22. The van der Waals surface area contributed by atoms with Crippen LogP contribution >= 0.6 is 24.0 Å². The van der Waals surface area contributed by atoms with E-state index >= 15 is 0 Å². The number of carbonyl (C=O) groups excluding carboxylic acids is 2. The molecule has 1 saturated heterocycles. The fraction of sp³-hybridized carbons (Fsp3) is 0. The minimum absolute atomic E-state index is 0.150. The number of thiocarbonyl (C=S) groups is 1. The smallest absolute Gasteiger partial charge is 0.343 e. The fourth-order valence-electron chi connectivity index (χ4n) is 2.28. The Hall–Kier alpha value is -3.44. The number of nitro benzene ring substituents is 1. The van der Waals surface area contributed by atoms with E-state index in [4.69, 9.17) is 17.0 Å². The number of nitrogens with zero attached hydrogens (tertiary/aromatic N) is 2. The molecule has 0 radical (unpaired) electrons. The molecule has 1 aliphatic rings. The van der Waals surface area contributed by atoms with Crippen LogP contribution in [0, 0.1) is 15.0 Å². The zero-order chi connectivity index (χ0) is 20.3. The summed E-state index contributed by atoms with van der Waals surface area (Å²) in [5, 5.41) is 16.0. The molecule has 11 heteroatoms. The maximum atomic E-state index is 12.3. The lowest BCUT2D eigenvalue weighted by Crippen LogP contribution is -2.17.